The first kappa shape index (κ1) is 18.5. The van der Waals surface area contributed by atoms with Crippen LogP contribution in [0.3, 0.4) is 0 Å². The summed E-state index contributed by atoms with van der Waals surface area (Å²) in [6.07, 6.45) is -0.809. The monoisotopic (exact) mass is 368 g/mol. The zero-order valence-corrected chi connectivity index (χ0v) is 15.4. The van der Waals surface area contributed by atoms with Gasteiger partial charge in [-0.3, -0.25) is 4.79 Å². The Bertz CT molecular complexity index is 1010. The fourth-order valence-corrected chi connectivity index (χ4v) is 2.71. The quantitative estimate of drug-likeness (QED) is 0.616. The molecule has 1 aromatic heterocycles. The summed E-state index contributed by atoms with van der Waals surface area (Å²) in [6.45, 7) is 3.58. The van der Waals surface area contributed by atoms with Crippen LogP contribution in [0.2, 0.25) is 0 Å². The molecule has 2 aromatic carbocycles. The van der Waals surface area contributed by atoms with Crippen LogP contribution in [0, 0.1) is 0 Å². The maximum atomic E-state index is 12.6. The second-order valence-electron chi connectivity index (χ2n) is 5.85. The fraction of sp³-hybridized carbons (Fsp3) is 0.238. The van der Waals surface area contributed by atoms with E-state index in [1.165, 1.54) is 13.2 Å². The Balaban J connectivity index is 2.07. The average molecular weight is 368 g/mol. The van der Waals surface area contributed by atoms with Gasteiger partial charge in [0.25, 0.3) is 0 Å². The van der Waals surface area contributed by atoms with E-state index in [4.69, 9.17) is 18.6 Å². The molecule has 1 atom stereocenters. The molecule has 0 saturated heterocycles. The Labute approximate surface area is 156 Å². The molecule has 3 aromatic rings. The van der Waals surface area contributed by atoms with Crippen molar-refractivity contribution in [2.45, 2.75) is 20.0 Å². The highest BCUT2D eigenvalue weighted by molar-refractivity contribution is 5.86. The van der Waals surface area contributed by atoms with Crippen molar-refractivity contribution in [3.8, 4) is 22.8 Å². The van der Waals surface area contributed by atoms with Gasteiger partial charge in [0, 0.05) is 23.8 Å². The largest absolute Gasteiger partial charge is 0.496 e. The van der Waals surface area contributed by atoms with E-state index in [2.05, 4.69) is 0 Å². The lowest BCUT2D eigenvalue weighted by atomic mass is 10.1. The normalized spacial score (nSPS) is 11.8. The number of esters is 1. The van der Waals surface area contributed by atoms with Crippen LogP contribution < -0.4 is 14.9 Å². The van der Waals surface area contributed by atoms with Gasteiger partial charge in [0.15, 0.2) is 11.5 Å². The van der Waals surface area contributed by atoms with Crippen LogP contribution in [0.4, 0.5) is 0 Å². The van der Waals surface area contributed by atoms with Gasteiger partial charge in [0.05, 0.1) is 13.7 Å². The molecule has 0 spiro atoms. The third-order valence-electron chi connectivity index (χ3n) is 3.98. The molecule has 0 N–H and O–H groups in total. The first-order chi connectivity index (χ1) is 13.0. The predicted molar refractivity (Wildman–Crippen MR) is 101 cm³/mol. The van der Waals surface area contributed by atoms with Gasteiger partial charge in [0.2, 0.25) is 0 Å². The summed E-state index contributed by atoms with van der Waals surface area (Å²) in [7, 11) is 1.46. The number of hydrogen-bond donors (Lipinski definition) is 0. The first-order valence-electron chi connectivity index (χ1n) is 8.58. The molecule has 0 aliphatic heterocycles. The van der Waals surface area contributed by atoms with Gasteiger partial charge in [0.1, 0.15) is 28.2 Å². The molecule has 3 rings (SSSR count). The summed E-state index contributed by atoms with van der Waals surface area (Å²) < 4.78 is 21.8. The van der Waals surface area contributed by atoms with Crippen LogP contribution in [0.1, 0.15) is 13.8 Å². The standard InChI is InChI=1S/C21H20O6/c1-4-25-21(23)13(2)26-15-10-18(24-3)20-16(22)12-17(27-19(20)11-15)14-8-6-5-7-9-14/h5-13H,4H2,1-3H3/t13-/m1/s1. The van der Waals surface area contributed by atoms with E-state index in [1.807, 2.05) is 30.3 Å². The summed E-state index contributed by atoms with van der Waals surface area (Å²) in [5.41, 5.74) is 0.866. The number of carbonyl (C=O) groups excluding carboxylic acids is 1. The Morgan fingerprint density at radius 3 is 2.56 bits per heavy atom. The van der Waals surface area contributed by atoms with E-state index >= 15 is 0 Å². The highest BCUT2D eigenvalue weighted by Gasteiger charge is 2.19. The summed E-state index contributed by atoms with van der Waals surface area (Å²) in [4.78, 5) is 24.4. The highest BCUT2D eigenvalue weighted by Crippen LogP contribution is 2.32. The van der Waals surface area contributed by atoms with Crippen LogP contribution in [-0.2, 0) is 9.53 Å². The van der Waals surface area contributed by atoms with Gasteiger partial charge in [-0.25, -0.2) is 4.79 Å². The maximum absolute atomic E-state index is 12.6. The van der Waals surface area contributed by atoms with Gasteiger partial charge >= 0.3 is 5.97 Å². The molecule has 0 saturated carbocycles. The minimum Gasteiger partial charge on any atom is -0.496 e. The number of methoxy groups -OCH3 is 1. The van der Waals surface area contributed by atoms with Crippen LogP contribution in [0.5, 0.6) is 11.5 Å². The van der Waals surface area contributed by atoms with Gasteiger partial charge < -0.3 is 18.6 Å². The number of rotatable bonds is 6. The summed E-state index contributed by atoms with van der Waals surface area (Å²) in [6, 6.07) is 13.9. The second kappa shape index (κ2) is 7.95. The zero-order chi connectivity index (χ0) is 19.4. The zero-order valence-electron chi connectivity index (χ0n) is 15.4. The third kappa shape index (κ3) is 3.95. The van der Waals surface area contributed by atoms with Gasteiger partial charge in [-0.15, -0.1) is 0 Å². The molecule has 27 heavy (non-hydrogen) atoms. The molecule has 0 radical (unpaired) electrons. The number of benzene rings is 2. The molecular formula is C21H20O6. The van der Waals surface area contributed by atoms with Gasteiger partial charge in [-0.1, -0.05) is 30.3 Å². The SMILES string of the molecule is CCOC(=O)[C@@H](C)Oc1cc(OC)c2c(=O)cc(-c3ccccc3)oc2c1. The lowest BCUT2D eigenvalue weighted by Crippen LogP contribution is -2.26. The summed E-state index contributed by atoms with van der Waals surface area (Å²) in [5, 5.41) is 0.313. The predicted octanol–water partition coefficient (Wildman–Crippen LogP) is 3.80. The Morgan fingerprint density at radius 2 is 1.89 bits per heavy atom. The highest BCUT2D eigenvalue weighted by atomic mass is 16.6. The number of hydrogen-bond acceptors (Lipinski definition) is 6. The molecule has 6 nitrogen and oxygen atoms in total. The van der Waals surface area contributed by atoms with Crippen LogP contribution >= 0.6 is 0 Å². The van der Waals surface area contributed by atoms with Crippen molar-refractivity contribution in [3.05, 3.63) is 58.8 Å². The van der Waals surface area contributed by atoms with Crippen LogP contribution in [0.25, 0.3) is 22.3 Å². The van der Waals surface area contributed by atoms with E-state index in [1.54, 1.807) is 26.0 Å². The lowest BCUT2D eigenvalue weighted by molar-refractivity contribution is -0.150. The molecule has 0 unspecified atom stereocenters. The Hall–Kier alpha value is -3.28. The van der Waals surface area contributed by atoms with Crippen LogP contribution in [-0.4, -0.2) is 25.8 Å². The average Bonchev–Trinajstić information content (AvgIpc) is 2.67. The van der Waals surface area contributed by atoms with Crippen molar-refractivity contribution in [3.63, 3.8) is 0 Å². The molecule has 1 heterocycles. The fourth-order valence-electron chi connectivity index (χ4n) is 2.71. The smallest absolute Gasteiger partial charge is 0.347 e. The topological polar surface area (TPSA) is 75.0 Å². The molecule has 6 heteroatoms. The minimum absolute atomic E-state index is 0.225. The molecule has 0 bridgehead atoms. The number of fused-ring (bicyclic) bond motifs is 1. The number of ether oxygens (including phenoxy) is 3. The minimum atomic E-state index is -0.809. The van der Waals surface area contributed by atoms with Crippen molar-refractivity contribution >= 4 is 16.9 Å². The lowest BCUT2D eigenvalue weighted by Gasteiger charge is -2.15. The van der Waals surface area contributed by atoms with Crippen molar-refractivity contribution < 1.29 is 23.4 Å². The van der Waals surface area contributed by atoms with E-state index in [0.29, 0.717) is 28.2 Å². The summed E-state index contributed by atoms with van der Waals surface area (Å²) >= 11 is 0. The van der Waals surface area contributed by atoms with Crippen molar-refractivity contribution in [1.29, 1.82) is 0 Å². The van der Waals surface area contributed by atoms with Crippen molar-refractivity contribution in [2.24, 2.45) is 0 Å². The molecule has 140 valence electrons. The first-order valence-corrected chi connectivity index (χ1v) is 8.58. The van der Waals surface area contributed by atoms with Gasteiger partial charge in [-0.05, 0) is 13.8 Å². The molecule has 0 aliphatic rings. The van der Waals surface area contributed by atoms with E-state index in [-0.39, 0.29) is 12.0 Å². The maximum Gasteiger partial charge on any atom is 0.347 e. The van der Waals surface area contributed by atoms with Gasteiger partial charge in [-0.2, -0.15) is 0 Å². The van der Waals surface area contributed by atoms with Crippen LogP contribution in [0.15, 0.2) is 57.7 Å². The third-order valence-corrected chi connectivity index (χ3v) is 3.98. The second-order valence-corrected chi connectivity index (χ2v) is 5.85. The van der Waals surface area contributed by atoms with E-state index in [9.17, 15) is 9.59 Å². The Morgan fingerprint density at radius 1 is 1.15 bits per heavy atom. The Kier molecular flexibility index (Phi) is 5.45. The molecule has 0 aliphatic carbocycles. The molecule has 0 fully saturated rings. The van der Waals surface area contributed by atoms with Crippen molar-refractivity contribution in [2.75, 3.05) is 13.7 Å². The van der Waals surface area contributed by atoms with Crippen molar-refractivity contribution in [1.82, 2.24) is 0 Å². The summed E-state index contributed by atoms with van der Waals surface area (Å²) in [5.74, 6) is 0.613. The number of carbonyl (C=O) groups is 1. The van der Waals surface area contributed by atoms with E-state index in [0.717, 1.165) is 5.56 Å². The molecule has 0 amide bonds. The van der Waals surface area contributed by atoms with E-state index < -0.39 is 12.1 Å². The molecular weight excluding hydrogens is 348 g/mol.